The molecule has 0 aliphatic heterocycles. The molecule has 1 saturated carbocycles. The summed E-state index contributed by atoms with van der Waals surface area (Å²) >= 11 is 0. The Morgan fingerprint density at radius 2 is 2.00 bits per heavy atom. The summed E-state index contributed by atoms with van der Waals surface area (Å²) in [6.45, 7) is 0.943. The maximum Gasteiger partial charge on any atom is 0.365 e. The minimum absolute atomic E-state index is 0.382. The number of nitrogens with zero attached hydrogens (tertiary/aromatic N) is 2. The Morgan fingerprint density at radius 3 is 2.64 bits per heavy atom. The first kappa shape index (κ1) is 16.5. The van der Waals surface area contributed by atoms with Crippen LogP contribution in [0.25, 0.3) is 0 Å². The molecule has 1 aromatic carbocycles. The molecule has 0 aromatic heterocycles. The number of rotatable bonds is 5. The van der Waals surface area contributed by atoms with Crippen LogP contribution in [0.15, 0.2) is 29.4 Å². The average Bonchev–Trinajstić information content (AvgIpc) is 2.53. The molecule has 1 atom stereocenters. The monoisotopic (exact) mass is 304 g/mol. The predicted octanol–water partition coefficient (Wildman–Crippen LogP) is 2.96. The normalized spacial score (nSPS) is 20.2. The second kappa shape index (κ2) is 7.94. The number of benzene rings is 1. The van der Waals surface area contributed by atoms with Crippen LogP contribution in [0, 0.1) is 5.92 Å². The van der Waals surface area contributed by atoms with E-state index < -0.39 is 5.97 Å². The summed E-state index contributed by atoms with van der Waals surface area (Å²) in [5, 5.41) is 4.15. The Kier molecular flexibility index (Phi) is 5.95. The fourth-order valence-corrected chi connectivity index (χ4v) is 2.71. The van der Waals surface area contributed by atoms with E-state index in [4.69, 9.17) is 9.57 Å². The average molecular weight is 304 g/mol. The van der Waals surface area contributed by atoms with Gasteiger partial charge in [0.2, 0.25) is 0 Å². The molecule has 1 fully saturated rings. The van der Waals surface area contributed by atoms with Gasteiger partial charge in [-0.05, 0) is 57.6 Å². The van der Waals surface area contributed by atoms with E-state index in [-0.39, 0.29) is 0 Å². The standard InChI is InChI=1S/C17H24N2O3/c1-19(2)12-14-6-4-5-7-16(14)18-22-17(20)13-8-10-15(21-3)11-9-13/h8-11,14H,4-7,12H2,1-3H3/b18-16+. The van der Waals surface area contributed by atoms with Crippen molar-refractivity contribution in [3.8, 4) is 5.75 Å². The van der Waals surface area contributed by atoms with E-state index >= 15 is 0 Å². The zero-order valence-electron chi connectivity index (χ0n) is 13.5. The minimum Gasteiger partial charge on any atom is -0.497 e. The zero-order valence-corrected chi connectivity index (χ0v) is 13.5. The van der Waals surface area contributed by atoms with Crippen LogP contribution in [-0.2, 0) is 4.84 Å². The first-order valence-electron chi connectivity index (χ1n) is 7.67. The Balaban J connectivity index is 1.99. The molecule has 22 heavy (non-hydrogen) atoms. The third-order valence-corrected chi connectivity index (χ3v) is 3.86. The molecule has 5 heteroatoms. The van der Waals surface area contributed by atoms with Crippen molar-refractivity contribution in [3.05, 3.63) is 29.8 Å². The lowest BCUT2D eigenvalue weighted by molar-refractivity contribution is 0.0511. The first-order chi connectivity index (χ1) is 10.6. The van der Waals surface area contributed by atoms with Crippen LogP contribution in [0.5, 0.6) is 5.75 Å². The smallest absolute Gasteiger partial charge is 0.365 e. The van der Waals surface area contributed by atoms with Gasteiger partial charge in [-0.15, -0.1) is 0 Å². The molecule has 0 amide bonds. The first-order valence-corrected chi connectivity index (χ1v) is 7.67. The van der Waals surface area contributed by atoms with Gasteiger partial charge >= 0.3 is 5.97 Å². The van der Waals surface area contributed by atoms with Gasteiger partial charge in [0, 0.05) is 12.5 Å². The lowest BCUT2D eigenvalue weighted by atomic mass is 9.87. The molecule has 1 unspecified atom stereocenters. The Bertz CT molecular complexity index is 523. The van der Waals surface area contributed by atoms with Crippen molar-refractivity contribution >= 4 is 11.7 Å². The highest BCUT2D eigenvalue weighted by molar-refractivity contribution is 5.91. The topological polar surface area (TPSA) is 51.1 Å². The van der Waals surface area contributed by atoms with Gasteiger partial charge in [-0.1, -0.05) is 11.6 Å². The van der Waals surface area contributed by atoms with Gasteiger partial charge in [-0.25, -0.2) is 4.79 Å². The summed E-state index contributed by atoms with van der Waals surface area (Å²) in [4.78, 5) is 19.3. The summed E-state index contributed by atoms with van der Waals surface area (Å²) in [6.07, 6.45) is 4.35. The Labute approximate surface area is 131 Å². The third kappa shape index (κ3) is 4.56. The number of methoxy groups -OCH3 is 1. The van der Waals surface area contributed by atoms with Crippen molar-refractivity contribution in [3.63, 3.8) is 0 Å². The van der Waals surface area contributed by atoms with Crippen LogP contribution in [-0.4, -0.2) is 44.3 Å². The number of hydrogen-bond acceptors (Lipinski definition) is 5. The van der Waals surface area contributed by atoms with E-state index in [9.17, 15) is 4.79 Å². The van der Waals surface area contributed by atoms with Crippen LogP contribution in [0.2, 0.25) is 0 Å². The second-order valence-electron chi connectivity index (χ2n) is 5.89. The molecule has 0 radical (unpaired) electrons. The molecule has 0 N–H and O–H groups in total. The molecular weight excluding hydrogens is 280 g/mol. The summed E-state index contributed by atoms with van der Waals surface area (Å²) in [7, 11) is 5.69. The SMILES string of the molecule is COc1ccc(C(=O)O/N=C2\CCCCC2CN(C)C)cc1. The Hall–Kier alpha value is -1.88. The van der Waals surface area contributed by atoms with E-state index in [2.05, 4.69) is 24.2 Å². The maximum absolute atomic E-state index is 12.0. The highest BCUT2D eigenvalue weighted by atomic mass is 16.7. The van der Waals surface area contributed by atoms with E-state index in [1.807, 2.05) is 0 Å². The molecule has 120 valence electrons. The van der Waals surface area contributed by atoms with E-state index in [0.29, 0.717) is 17.2 Å². The van der Waals surface area contributed by atoms with Gasteiger partial charge in [0.1, 0.15) is 5.75 Å². The number of hydrogen-bond donors (Lipinski definition) is 0. The van der Waals surface area contributed by atoms with Gasteiger partial charge < -0.3 is 14.5 Å². The number of carbonyl (C=O) groups excluding carboxylic acids is 1. The van der Waals surface area contributed by atoms with Gasteiger partial charge in [0.15, 0.2) is 0 Å². The van der Waals surface area contributed by atoms with E-state index in [1.165, 1.54) is 6.42 Å². The van der Waals surface area contributed by atoms with Crippen LogP contribution < -0.4 is 4.74 Å². The molecule has 2 rings (SSSR count). The molecule has 1 aliphatic rings. The maximum atomic E-state index is 12.0. The highest BCUT2D eigenvalue weighted by Gasteiger charge is 2.22. The highest BCUT2D eigenvalue weighted by Crippen LogP contribution is 2.23. The molecular formula is C17H24N2O3. The number of ether oxygens (including phenoxy) is 1. The third-order valence-electron chi connectivity index (χ3n) is 3.86. The second-order valence-corrected chi connectivity index (χ2v) is 5.89. The molecule has 1 aromatic rings. The van der Waals surface area contributed by atoms with Gasteiger partial charge in [-0.2, -0.15) is 0 Å². The fraction of sp³-hybridized carbons (Fsp3) is 0.529. The summed E-state index contributed by atoms with van der Waals surface area (Å²) < 4.78 is 5.07. The van der Waals surface area contributed by atoms with Gasteiger partial charge in [0.05, 0.1) is 18.4 Å². The van der Waals surface area contributed by atoms with Gasteiger partial charge in [0.25, 0.3) is 0 Å². The quantitative estimate of drug-likeness (QED) is 0.620. The van der Waals surface area contributed by atoms with Crippen LogP contribution in [0.1, 0.15) is 36.0 Å². The van der Waals surface area contributed by atoms with Crippen molar-refractivity contribution in [2.24, 2.45) is 11.1 Å². The minimum atomic E-state index is -0.427. The van der Waals surface area contributed by atoms with Crippen molar-refractivity contribution < 1.29 is 14.4 Å². The lowest BCUT2D eigenvalue weighted by Crippen LogP contribution is -2.30. The molecule has 0 saturated heterocycles. The predicted molar refractivity (Wildman–Crippen MR) is 86.4 cm³/mol. The van der Waals surface area contributed by atoms with Gasteiger partial charge in [-0.3, -0.25) is 0 Å². The number of carbonyl (C=O) groups is 1. The van der Waals surface area contributed by atoms with Crippen molar-refractivity contribution in [2.45, 2.75) is 25.7 Å². The Morgan fingerprint density at radius 1 is 1.27 bits per heavy atom. The fourth-order valence-electron chi connectivity index (χ4n) is 2.71. The van der Waals surface area contributed by atoms with E-state index in [0.717, 1.165) is 31.5 Å². The summed E-state index contributed by atoms with van der Waals surface area (Å²) in [5.41, 5.74) is 1.48. The summed E-state index contributed by atoms with van der Waals surface area (Å²) in [5.74, 6) is 0.665. The molecule has 1 aliphatic carbocycles. The largest absolute Gasteiger partial charge is 0.497 e. The van der Waals surface area contributed by atoms with Crippen LogP contribution in [0.4, 0.5) is 0 Å². The lowest BCUT2D eigenvalue weighted by Gasteiger charge is -2.25. The zero-order chi connectivity index (χ0) is 15.9. The molecule has 0 bridgehead atoms. The van der Waals surface area contributed by atoms with Crippen molar-refractivity contribution in [2.75, 3.05) is 27.7 Å². The van der Waals surface area contributed by atoms with Crippen molar-refractivity contribution in [1.82, 2.24) is 4.90 Å². The summed E-state index contributed by atoms with van der Waals surface area (Å²) in [6, 6.07) is 6.83. The molecule has 5 nitrogen and oxygen atoms in total. The van der Waals surface area contributed by atoms with Crippen LogP contribution in [0.3, 0.4) is 0 Å². The number of oxime groups is 1. The molecule has 0 spiro atoms. The van der Waals surface area contributed by atoms with Crippen LogP contribution >= 0.6 is 0 Å². The molecule has 0 heterocycles. The van der Waals surface area contributed by atoms with Crippen molar-refractivity contribution in [1.29, 1.82) is 0 Å². The van der Waals surface area contributed by atoms with E-state index in [1.54, 1.807) is 31.4 Å².